The van der Waals surface area contributed by atoms with Gasteiger partial charge < -0.3 is 10.1 Å². The third-order valence-corrected chi connectivity index (χ3v) is 5.84. The third-order valence-electron chi connectivity index (χ3n) is 4.02. The summed E-state index contributed by atoms with van der Waals surface area (Å²) in [6.07, 6.45) is -1.15. The monoisotopic (exact) mass is 415 g/mol. The van der Waals surface area contributed by atoms with Gasteiger partial charge in [0.05, 0.1) is 16.5 Å². The smallest absolute Gasteiger partial charge is 0.322 e. The van der Waals surface area contributed by atoms with E-state index in [1.165, 1.54) is 32.2 Å². The number of rotatable bonds is 7. The fourth-order valence-corrected chi connectivity index (χ4v) is 3.47. The van der Waals surface area contributed by atoms with Crippen LogP contribution < -0.4 is 5.32 Å². The lowest BCUT2D eigenvalue weighted by Gasteiger charge is -2.18. The van der Waals surface area contributed by atoms with Crippen molar-refractivity contribution >= 4 is 27.6 Å². The van der Waals surface area contributed by atoms with E-state index in [0.717, 1.165) is 9.87 Å². The van der Waals surface area contributed by atoms with Crippen molar-refractivity contribution in [1.29, 1.82) is 5.26 Å². The molecule has 0 unspecified atom stereocenters. The van der Waals surface area contributed by atoms with E-state index >= 15 is 0 Å². The van der Waals surface area contributed by atoms with Crippen molar-refractivity contribution in [3.8, 4) is 6.07 Å². The van der Waals surface area contributed by atoms with E-state index in [-0.39, 0.29) is 4.90 Å². The average molecular weight is 415 g/mol. The van der Waals surface area contributed by atoms with E-state index in [1.807, 2.05) is 13.0 Å². The van der Waals surface area contributed by atoms with Gasteiger partial charge in [-0.15, -0.1) is 0 Å². The molecule has 8 nitrogen and oxygen atoms in total. The molecule has 0 fully saturated rings. The number of carbonyl (C=O) groups is 2. The van der Waals surface area contributed by atoms with Gasteiger partial charge in [-0.3, -0.25) is 9.59 Å². The summed E-state index contributed by atoms with van der Waals surface area (Å²) in [7, 11) is -2.60. The van der Waals surface area contributed by atoms with Crippen molar-refractivity contribution in [2.24, 2.45) is 0 Å². The first-order valence-corrected chi connectivity index (χ1v) is 10.1. The average Bonchev–Trinajstić information content (AvgIpc) is 2.68. The summed E-state index contributed by atoms with van der Waals surface area (Å²) >= 11 is 0. The van der Waals surface area contributed by atoms with E-state index in [0.29, 0.717) is 11.3 Å². The van der Waals surface area contributed by atoms with Gasteiger partial charge >= 0.3 is 5.97 Å². The highest BCUT2D eigenvalue weighted by Crippen LogP contribution is 2.15. The highest BCUT2D eigenvalue weighted by atomic mass is 32.2. The van der Waals surface area contributed by atoms with Crippen LogP contribution in [-0.4, -0.2) is 44.3 Å². The van der Waals surface area contributed by atoms with Crippen LogP contribution in [0.5, 0.6) is 0 Å². The molecule has 9 heteroatoms. The van der Waals surface area contributed by atoms with Crippen LogP contribution in [0.4, 0.5) is 5.69 Å². The lowest BCUT2D eigenvalue weighted by atomic mass is 10.2. The Bertz CT molecular complexity index is 1040. The molecular weight excluding hydrogens is 394 g/mol. The van der Waals surface area contributed by atoms with Gasteiger partial charge in [-0.25, -0.2) is 8.42 Å². The minimum Gasteiger partial charge on any atom is -0.452 e. The van der Waals surface area contributed by atoms with Crippen molar-refractivity contribution in [1.82, 2.24) is 4.31 Å². The van der Waals surface area contributed by atoms with Crippen molar-refractivity contribution in [3.63, 3.8) is 0 Å². The summed E-state index contributed by atoms with van der Waals surface area (Å²) in [6.45, 7) is 2.66. The van der Waals surface area contributed by atoms with Crippen LogP contribution in [0.1, 0.15) is 18.1 Å². The SMILES string of the molecule is Cc1ccc(S(=O)(=O)N(C)CC(=O)O[C@@H](C)C(=O)Nc2cccc(C#N)c2)cc1. The number of hydrogen-bond donors (Lipinski definition) is 1. The van der Waals surface area contributed by atoms with Crippen molar-refractivity contribution < 1.29 is 22.7 Å². The van der Waals surface area contributed by atoms with E-state index in [1.54, 1.807) is 30.3 Å². The maximum atomic E-state index is 12.5. The zero-order valence-electron chi connectivity index (χ0n) is 16.2. The lowest BCUT2D eigenvalue weighted by molar-refractivity contribution is -0.153. The normalized spacial score (nSPS) is 12.1. The fraction of sp³-hybridized carbons (Fsp3) is 0.250. The maximum Gasteiger partial charge on any atom is 0.322 e. The van der Waals surface area contributed by atoms with Crippen molar-refractivity contribution in [3.05, 3.63) is 59.7 Å². The Kier molecular flexibility index (Phi) is 7.09. The van der Waals surface area contributed by atoms with E-state index in [9.17, 15) is 18.0 Å². The molecule has 0 aliphatic heterocycles. The molecule has 0 saturated heterocycles. The molecule has 2 aromatic carbocycles. The molecule has 2 rings (SSSR count). The maximum absolute atomic E-state index is 12.5. The largest absolute Gasteiger partial charge is 0.452 e. The van der Waals surface area contributed by atoms with Gasteiger partial charge in [-0.05, 0) is 44.2 Å². The Balaban J connectivity index is 1.95. The molecule has 1 N–H and O–H groups in total. The van der Waals surface area contributed by atoms with E-state index in [2.05, 4.69) is 5.32 Å². The number of nitrogens with zero attached hydrogens (tertiary/aromatic N) is 2. The van der Waals surface area contributed by atoms with Gasteiger partial charge in [-0.2, -0.15) is 9.57 Å². The lowest BCUT2D eigenvalue weighted by Crippen LogP contribution is -2.37. The zero-order valence-corrected chi connectivity index (χ0v) is 17.1. The van der Waals surface area contributed by atoms with Gasteiger partial charge in [0.2, 0.25) is 10.0 Å². The number of nitrogens with one attached hydrogen (secondary N) is 1. The second-order valence-electron chi connectivity index (χ2n) is 6.39. The second-order valence-corrected chi connectivity index (χ2v) is 8.43. The van der Waals surface area contributed by atoms with Gasteiger partial charge in [0.15, 0.2) is 6.10 Å². The molecular formula is C20H21N3O5S. The highest BCUT2D eigenvalue weighted by molar-refractivity contribution is 7.89. The molecule has 0 bridgehead atoms. The van der Waals surface area contributed by atoms with E-state index < -0.39 is 34.5 Å². The molecule has 1 amide bonds. The van der Waals surface area contributed by atoms with Crippen LogP contribution in [0.2, 0.25) is 0 Å². The number of aryl methyl sites for hydroxylation is 1. The number of sulfonamides is 1. The van der Waals surface area contributed by atoms with E-state index in [4.69, 9.17) is 10.00 Å². The Morgan fingerprint density at radius 2 is 1.86 bits per heavy atom. The molecule has 2 aromatic rings. The molecule has 0 heterocycles. The first-order valence-electron chi connectivity index (χ1n) is 8.67. The zero-order chi connectivity index (χ0) is 21.6. The van der Waals surface area contributed by atoms with Crippen LogP contribution in [0.15, 0.2) is 53.4 Å². The van der Waals surface area contributed by atoms with Gasteiger partial charge in [0, 0.05) is 12.7 Å². The number of anilines is 1. The third kappa shape index (κ3) is 5.88. The first-order chi connectivity index (χ1) is 13.6. The topological polar surface area (TPSA) is 117 Å². The molecule has 152 valence electrons. The molecule has 0 aliphatic rings. The van der Waals surface area contributed by atoms with Crippen LogP contribution in [0.3, 0.4) is 0 Å². The first kappa shape index (κ1) is 22.1. The minimum absolute atomic E-state index is 0.0570. The second kappa shape index (κ2) is 9.32. The molecule has 0 spiro atoms. The number of nitriles is 1. The van der Waals surface area contributed by atoms with Crippen LogP contribution >= 0.6 is 0 Å². The molecule has 0 saturated carbocycles. The summed E-state index contributed by atoms with van der Waals surface area (Å²) in [4.78, 5) is 24.3. The number of carbonyl (C=O) groups excluding carboxylic acids is 2. The number of likely N-dealkylation sites (N-methyl/N-ethyl adjacent to an activating group) is 1. The van der Waals surface area contributed by atoms with Gasteiger partial charge in [-0.1, -0.05) is 23.8 Å². The number of hydrogen-bond acceptors (Lipinski definition) is 6. The summed E-state index contributed by atoms with van der Waals surface area (Å²) in [6, 6.07) is 14.5. The summed E-state index contributed by atoms with van der Waals surface area (Å²) in [5.74, 6) is -1.46. The van der Waals surface area contributed by atoms with Crippen LogP contribution in [0, 0.1) is 18.3 Å². The number of benzene rings is 2. The predicted molar refractivity (Wildman–Crippen MR) is 106 cm³/mol. The number of esters is 1. The molecule has 0 aromatic heterocycles. The van der Waals surface area contributed by atoms with Crippen LogP contribution in [0.25, 0.3) is 0 Å². The predicted octanol–water partition coefficient (Wildman–Crippen LogP) is 2.06. The van der Waals surface area contributed by atoms with Crippen LogP contribution in [-0.2, 0) is 24.3 Å². The molecule has 29 heavy (non-hydrogen) atoms. The number of ether oxygens (including phenoxy) is 1. The molecule has 0 radical (unpaired) electrons. The highest BCUT2D eigenvalue weighted by Gasteiger charge is 2.25. The standard InChI is InChI=1S/C20H21N3O5S/c1-14-7-9-18(10-8-14)29(26,27)23(3)13-19(24)28-15(2)20(25)22-17-6-4-5-16(11-17)12-21/h4-11,15H,13H2,1-3H3,(H,22,25)/t15-/m0/s1. The number of amides is 1. The van der Waals surface area contributed by atoms with Crippen molar-refractivity contribution in [2.45, 2.75) is 24.8 Å². The Hall–Kier alpha value is -3.22. The van der Waals surface area contributed by atoms with Crippen molar-refractivity contribution in [2.75, 3.05) is 18.9 Å². The molecule has 0 aliphatic carbocycles. The van der Waals surface area contributed by atoms with Gasteiger partial charge in [0.1, 0.15) is 6.54 Å². The Labute approximate surface area is 169 Å². The summed E-state index contributed by atoms with van der Waals surface area (Å²) < 4.78 is 30.9. The summed E-state index contributed by atoms with van der Waals surface area (Å²) in [5, 5.41) is 11.4. The molecule has 1 atom stereocenters. The van der Waals surface area contributed by atoms with Gasteiger partial charge in [0.25, 0.3) is 5.91 Å². The Morgan fingerprint density at radius 1 is 1.21 bits per heavy atom. The quantitative estimate of drug-likeness (QED) is 0.692. The Morgan fingerprint density at radius 3 is 2.48 bits per heavy atom. The fourth-order valence-electron chi connectivity index (χ4n) is 2.36. The summed E-state index contributed by atoms with van der Waals surface area (Å²) in [5.41, 5.74) is 1.66. The minimum atomic E-state index is -3.86.